The highest BCUT2D eigenvalue weighted by Gasteiger charge is 2.56. The third-order valence-corrected chi connectivity index (χ3v) is 5.27. The fourth-order valence-electron chi connectivity index (χ4n) is 3.11. The minimum absolute atomic E-state index is 0.00154. The standard InChI is InChI=1S/C13H11BrClFO/c14-9-5-4-8(12(16)11(9)15)13(17)10-6-2-1-3-7(6)10/h4-7,10H,1-3H2. The van der Waals surface area contributed by atoms with Gasteiger partial charge in [0, 0.05) is 10.4 Å². The van der Waals surface area contributed by atoms with Gasteiger partial charge >= 0.3 is 0 Å². The lowest BCUT2D eigenvalue weighted by Crippen LogP contribution is -2.09. The van der Waals surface area contributed by atoms with E-state index in [1.165, 1.54) is 12.5 Å². The molecule has 17 heavy (non-hydrogen) atoms. The number of hydrogen-bond donors (Lipinski definition) is 0. The Balaban J connectivity index is 1.90. The molecule has 2 aliphatic rings. The van der Waals surface area contributed by atoms with Crippen LogP contribution in [0.3, 0.4) is 0 Å². The van der Waals surface area contributed by atoms with Crippen LogP contribution in [0.25, 0.3) is 0 Å². The Morgan fingerprint density at radius 3 is 2.65 bits per heavy atom. The van der Waals surface area contributed by atoms with Crippen molar-refractivity contribution in [2.75, 3.05) is 0 Å². The molecular weight excluding hydrogens is 306 g/mol. The van der Waals surface area contributed by atoms with E-state index in [1.54, 1.807) is 6.07 Å². The summed E-state index contributed by atoms with van der Waals surface area (Å²) in [5, 5.41) is 0.00154. The molecule has 0 heterocycles. The van der Waals surface area contributed by atoms with Gasteiger partial charge in [-0.2, -0.15) is 0 Å². The zero-order valence-electron chi connectivity index (χ0n) is 9.05. The zero-order valence-corrected chi connectivity index (χ0v) is 11.4. The van der Waals surface area contributed by atoms with Crippen LogP contribution in [0.1, 0.15) is 29.6 Å². The zero-order chi connectivity index (χ0) is 12.2. The summed E-state index contributed by atoms with van der Waals surface area (Å²) in [6.07, 6.45) is 3.45. The number of fused-ring (bicyclic) bond motifs is 1. The molecule has 2 atom stereocenters. The van der Waals surface area contributed by atoms with Crippen LogP contribution in [0.15, 0.2) is 16.6 Å². The van der Waals surface area contributed by atoms with Crippen molar-refractivity contribution in [2.45, 2.75) is 19.3 Å². The summed E-state index contributed by atoms with van der Waals surface area (Å²) in [4.78, 5) is 12.2. The Hall–Kier alpha value is -0.410. The Kier molecular flexibility index (Phi) is 2.79. The Labute approximate surface area is 112 Å². The molecule has 2 saturated carbocycles. The van der Waals surface area contributed by atoms with E-state index in [2.05, 4.69) is 15.9 Å². The number of carbonyl (C=O) groups excluding carboxylic acids is 1. The molecule has 0 N–H and O–H groups in total. The van der Waals surface area contributed by atoms with Gasteiger partial charge in [-0.3, -0.25) is 4.79 Å². The Bertz CT molecular complexity index is 492. The highest BCUT2D eigenvalue weighted by molar-refractivity contribution is 9.10. The van der Waals surface area contributed by atoms with Crippen LogP contribution in [0.2, 0.25) is 5.02 Å². The third-order valence-electron chi connectivity index (χ3n) is 4.01. The van der Waals surface area contributed by atoms with E-state index in [0.717, 1.165) is 12.8 Å². The lowest BCUT2D eigenvalue weighted by Gasteiger charge is -2.06. The average Bonchev–Trinajstić information content (AvgIpc) is 2.79. The molecule has 4 heteroatoms. The molecule has 1 aromatic rings. The Morgan fingerprint density at radius 1 is 1.35 bits per heavy atom. The first kappa shape index (κ1) is 11.7. The number of Topliss-reactive ketones (excluding diaryl/α,β-unsaturated/α-hetero) is 1. The molecular formula is C13H11BrClFO. The van der Waals surface area contributed by atoms with E-state index in [0.29, 0.717) is 16.3 Å². The van der Waals surface area contributed by atoms with Gasteiger partial charge < -0.3 is 0 Å². The number of halogens is 3. The first-order chi connectivity index (χ1) is 8.11. The van der Waals surface area contributed by atoms with E-state index in [1.807, 2.05) is 0 Å². The lowest BCUT2D eigenvalue weighted by atomic mass is 10.0. The average molecular weight is 318 g/mol. The van der Waals surface area contributed by atoms with Crippen molar-refractivity contribution in [3.8, 4) is 0 Å². The van der Waals surface area contributed by atoms with E-state index < -0.39 is 5.82 Å². The quantitative estimate of drug-likeness (QED) is 0.581. The molecule has 0 aromatic heterocycles. The van der Waals surface area contributed by atoms with E-state index in [4.69, 9.17) is 11.6 Å². The summed E-state index contributed by atoms with van der Waals surface area (Å²) in [5.74, 6) is 0.409. The third kappa shape index (κ3) is 1.75. The van der Waals surface area contributed by atoms with Gasteiger partial charge in [-0.15, -0.1) is 0 Å². The number of hydrogen-bond acceptors (Lipinski definition) is 1. The van der Waals surface area contributed by atoms with Crippen LogP contribution in [0, 0.1) is 23.6 Å². The molecule has 2 fully saturated rings. The number of rotatable bonds is 2. The summed E-state index contributed by atoms with van der Waals surface area (Å²) in [7, 11) is 0. The number of carbonyl (C=O) groups is 1. The highest BCUT2D eigenvalue weighted by atomic mass is 79.9. The molecule has 0 radical (unpaired) electrons. The van der Waals surface area contributed by atoms with Gasteiger partial charge in [0.15, 0.2) is 11.6 Å². The van der Waals surface area contributed by atoms with Gasteiger partial charge in [0.1, 0.15) is 0 Å². The fourth-order valence-corrected chi connectivity index (χ4v) is 3.58. The second-order valence-corrected chi connectivity index (χ2v) is 6.10. The molecule has 90 valence electrons. The fraction of sp³-hybridized carbons (Fsp3) is 0.462. The van der Waals surface area contributed by atoms with Crippen LogP contribution in [-0.4, -0.2) is 5.78 Å². The summed E-state index contributed by atoms with van der Waals surface area (Å²) in [6, 6.07) is 3.17. The first-order valence-corrected chi connectivity index (χ1v) is 6.96. The maximum atomic E-state index is 13.9. The van der Waals surface area contributed by atoms with Crippen molar-refractivity contribution >= 4 is 33.3 Å². The van der Waals surface area contributed by atoms with E-state index >= 15 is 0 Å². The minimum Gasteiger partial charge on any atom is -0.294 e. The summed E-state index contributed by atoms with van der Waals surface area (Å²) in [6.45, 7) is 0. The van der Waals surface area contributed by atoms with Crippen molar-refractivity contribution < 1.29 is 9.18 Å². The predicted molar refractivity (Wildman–Crippen MR) is 67.8 cm³/mol. The normalized spacial score (nSPS) is 30.2. The lowest BCUT2D eigenvalue weighted by molar-refractivity contribution is 0.0947. The molecule has 0 aliphatic heterocycles. The smallest absolute Gasteiger partial charge is 0.169 e. The van der Waals surface area contributed by atoms with Gasteiger partial charge in [-0.05, 0) is 52.7 Å². The van der Waals surface area contributed by atoms with Gasteiger partial charge in [0.25, 0.3) is 0 Å². The van der Waals surface area contributed by atoms with Crippen LogP contribution < -0.4 is 0 Å². The van der Waals surface area contributed by atoms with Crippen LogP contribution >= 0.6 is 27.5 Å². The largest absolute Gasteiger partial charge is 0.294 e. The van der Waals surface area contributed by atoms with Gasteiger partial charge in [0.05, 0.1) is 10.6 Å². The molecule has 1 nitrogen and oxygen atoms in total. The van der Waals surface area contributed by atoms with Gasteiger partial charge in [-0.25, -0.2) is 4.39 Å². The van der Waals surface area contributed by atoms with Gasteiger partial charge in [0.2, 0.25) is 0 Å². The number of benzene rings is 1. The second kappa shape index (κ2) is 4.06. The summed E-state index contributed by atoms with van der Waals surface area (Å²) < 4.78 is 14.4. The van der Waals surface area contributed by atoms with Crippen molar-refractivity contribution in [2.24, 2.45) is 17.8 Å². The molecule has 0 spiro atoms. The second-order valence-electron chi connectivity index (χ2n) is 4.87. The van der Waals surface area contributed by atoms with Crippen LogP contribution in [-0.2, 0) is 0 Å². The summed E-state index contributed by atoms with van der Waals surface area (Å²) in [5.41, 5.74) is 0.151. The molecule has 1 aromatic carbocycles. The molecule has 3 rings (SSSR count). The van der Waals surface area contributed by atoms with Crippen molar-refractivity contribution in [3.63, 3.8) is 0 Å². The predicted octanol–water partition coefficient (Wildman–Crippen LogP) is 4.47. The SMILES string of the molecule is O=C(c1ccc(Br)c(Cl)c1F)C1C2CCCC21. The maximum absolute atomic E-state index is 13.9. The van der Waals surface area contributed by atoms with Crippen molar-refractivity contribution in [1.82, 2.24) is 0 Å². The summed E-state index contributed by atoms with van der Waals surface area (Å²) >= 11 is 8.95. The van der Waals surface area contributed by atoms with E-state index in [9.17, 15) is 9.18 Å². The minimum atomic E-state index is -0.587. The molecule has 0 bridgehead atoms. The van der Waals surface area contributed by atoms with Crippen LogP contribution in [0.5, 0.6) is 0 Å². The first-order valence-electron chi connectivity index (χ1n) is 5.79. The molecule has 2 unspecified atom stereocenters. The molecule has 2 aliphatic carbocycles. The topological polar surface area (TPSA) is 17.1 Å². The number of ketones is 1. The Morgan fingerprint density at radius 2 is 2.00 bits per heavy atom. The maximum Gasteiger partial charge on any atom is 0.169 e. The van der Waals surface area contributed by atoms with Crippen molar-refractivity contribution in [1.29, 1.82) is 0 Å². The van der Waals surface area contributed by atoms with Crippen molar-refractivity contribution in [3.05, 3.63) is 33.0 Å². The molecule has 0 saturated heterocycles. The van der Waals surface area contributed by atoms with Gasteiger partial charge in [-0.1, -0.05) is 18.0 Å². The van der Waals surface area contributed by atoms with Crippen LogP contribution in [0.4, 0.5) is 4.39 Å². The molecule has 0 amide bonds. The monoisotopic (exact) mass is 316 g/mol. The van der Waals surface area contributed by atoms with E-state index in [-0.39, 0.29) is 22.3 Å². The highest BCUT2D eigenvalue weighted by Crippen LogP contribution is 2.58.